The van der Waals surface area contributed by atoms with Crippen LogP contribution in [0.3, 0.4) is 0 Å². The fraction of sp³-hybridized carbons (Fsp3) is 0.147. The molecule has 0 aliphatic rings. The van der Waals surface area contributed by atoms with E-state index in [1.165, 1.54) is 16.3 Å². The fourth-order valence-corrected chi connectivity index (χ4v) is 5.22. The third-order valence-electron chi connectivity index (χ3n) is 7.26. The van der Waals surface area contributed by atoms with Gasteiger partial charge in [0.1, 0.15) is 11.5 Å². The lowest BCUT2D eigenvalue weighted by molar-refractivity contribution is 0.111. The highest BCUT2D eigenvalue weighted by Crippen LogP contribution is 2.30. The van der Waals surface area contributed by atoms with Gasteiger partial charge in [0.15, 0.2) is 6.29 Å². The number of aryl methyl sites for hydroxylation is 1. The van der Waals surface area contributed by atoms with Crippen molar-refractivity contribution in [2.24, 2.45) is 0 Å². The van der Waals surface area contributed by atoms with Crippen LogP contribution in [-0.2, 0) is 19.4 Å². The third kappa shape index (κ3) is 5.61. The topological polar surface area (TPSA) is 89.4 Å². The number of aromatic amines is 1. The van der Waals surface area contributed by atoms with Crippen LogP contribution in [-0.4, -0.2) is 36.5 Å². The van der Waals surface area contributed by atoms with Gasteiger partial charge in [-0.05, 0) is 57.2 Å². The molecule has 6 aromatic rings. The molecular formula is C34H30N6O. The van der Waals surface area contributed by atoms with Gasteiger partial charge in [-0.2, -0.15) is 5.21 Å². The molecule has 41 heavy (non-hydrogen) atoms. The van der Waals surface area contributed by atoms with E-state index in [0.717, 1.165) is 59.3 Å². The van der Waals surface area contributed by atoms with Crippen molar-refractivity contribution < 1.29 is 4.79 Å². The van der Waals surface area contributed by atoms with Crippen LogP contribution >= 0.6 is 0 Å². The SMILES string of the molecule is CCCc1nc(/C=C/Cc2ccc3ccccc3c2)c(C=O)n1Cc1ccc(-c2ccccc2-c2nn[nH]n2)cc1. The number of tetrazole rings is 1. The van der Waals surface area contributed by atoms with Gasteiger partial charge in [0.2, 0.25) is 5.82 Å². The summed E-state index contributed by atoms with van der Waals surface area (Å²) in [5.41, 5.74) is 6.64. The molecule has 0 aliphatic heterocycles. The van der Waals surface area contributed by atoms with Crippen molar-refractivity contribution >= 4 is 23.1 Å². The molecule has 0 bridgehead atoms. The minimum absolute atomic E-state index is 0.559. The Bertz CT molecular complexity index is 1820. The molecule has 7 nitrogen and oxygen atoms in total. The minimum Gasteiger partial charge on any atom is -0.321 e. The van der Waals surface area contributed by atoms with Crippen LogP contribution in [0.1, 0.15) is 46.5 Å². The number of aldehydes is 1. The summed E-state index contributed by atoms with van der Waals surface area (Å²) in [6, 6.07) is 31.3. The molecule has 2 heterocycles. The van der Waals surface area contributed by atoms with Crippen molar-refractivity contribution in [1.82, 2.24) is 30.2 Å². The number of imidazole rings is 1. The molecule has 0 aliphatic carbocycles. The first kappa shape index (κ1) is 26.1. The van der Waals surface area contributed by atoms with Gasteiger partial charge in [-0.25, -0.2) is 4.98 Å². The van der Waals surface area contributed by atoms with Gasteiger partial charge in [0.25, 0.3) is 0 Å². The number of rotatable bonds is 10. The molecule has 0 spiro atoms. The van der Waals surface area contributed by atoms with E-state index in [9.17, 15) is 4.79 Å². The Kier molecular flexibility index (Phi) is 7.58. The number of nitrogens with one attached hydrogen (secondary N) is 1. The number of H-pyrrole nitrogens is 1. The molecule has 0 fully saturated rings. The Balaban J connectivity index is 1.24. The van der Waals surface area contributed by atoms with Crippen LogP contribution in [0.2, 0.25) is 0 Å². The smallest absolute Gasteiger partial charge is 0.205 e. The van der Waals surface area contributed by atoms with Crippen molar-refractivity contribution in [2.75, 3.05) is 0 Å². The van der Waals surface area contributed by atoms with E-state index in [-0.39, 0.29) is 0 Å². The van der Waals surface area contributed by atoms with E-state index in [1.54, 1.807) is 0 Å². The summed E-state index contributed by atoms with van der Waals surface area (Å²) in [6.45, 7) is 2.70. The normalized spacial score (nSPS) is 11.4. The predicted octanol–water partition coefficient (Wildman–Crippen LogP) is 6.95. The minimum atomic E-state index is 0.559. The maximum Gasteiger partial charge on any atom is 0.205 e. The fourth-order valence-electron chi connectivity index (χ4n) is 5.22. The van der Waals surface area contributed by atoms with Gasteiger partial charge in [-0.3, -0.25) is 4.79 Å². The van der Waals surface area contributed by atoms with E-state index in [1.807, 2.05) is 24.3 Å². The van der Waals surface area contributed by atoms with Gasteiger partial charge in [-0.15, -0.1) is 10.2 Å². The van der Waals surface area contributed by atoms with Crippen molar-refractivity contribution in [1.29, 1.82) is 0 Å². The van der Waals surface area contributed by atoms with Crippen molar-refractivity contribution in [3.63, 3.8) is 0 Å². The van der Waals surface area contributed by atoms with Gasteiger partial charge in [0, 0.05) is 18.5 Å². The maximum absolute atomic E-state index is 12.3. The number of allylic oxidation sites excluding steroid dienone is 1. The Morgan fingerprint density at radius 3 is 2.37 bits per heavy atom. The van der Waals surface area contributed by atoms with Gasteiger partial charge in [-0.1, -0.05) is 104 Å². The summed E-state index contributed by atoms with van der Waals surface area (Å²) in [7, 11) is 0. The van der Waals surface area contributed by atoms with E-state index >= 15 is 0 Å². The standard InChI is InChI=1S/C34H30N6O/c1-2-8-33-35-31(14-7-9-24-15-18-26-10-3-4-11-28(26)21-24)32(23-41)40(33)22-25-16-19-27(20-17-25)29-12-5-6-13-30(29)34-36-38-39-37-34/h3-7,10-21,23H,2,8-9,22H2,1H3,(H,36,37,38,39)/b14-7+. The van der Waals surface area contributed by atoms with Crippen LogP contribution in [0, 0.1) is 0 Å². The maximum atomic E-state index is 12.3. The third-order valence-corrected chi connectivity index (χ3v) is 7.26. The number of carbonyl (C=O) groups is 1. The number of carbonyl (C=O) groups excluding carboxylic acids is 1. The molecule has 1 N–H and O–H groups in total. The number of aromatic nitrogens is 6. The molecule has 0 unspecified atom stereocenters. The average molecular weight is 539 g/mol. The summed E-state index contributed by atoms with van der Waals surface area (Å²) < 4.78 is 2.05. The summed E-state index contributed by atoms with van der Waals surface area (Å²) >= 11 is 0. The Morgan fingerprint density at radius 1 is 0.854 bits per heavy atom. The van der Waals surface area contributed by atoms with Crippen molar-refractivity contribution in [3.05, 3.63) is 125 Å². The number of benzene rings is 4. The number of nitrogens with zero attached hydrogens (tertiary/aromatic N) is 5. The Morgan fingerprint density at radius 2 is 1.61 bits per heavy atom. The second-order valence-corrected chi connectivity index (χ2v) is 10.0. The monoisotopic (exact) mass is 538 g/mol. The summed E-state index contributed by atoms with van der Waals surface area (Å²) in [6.07, 6.45) is 7.52. The molecule has 202 valence electrons. The Labute approximate surface area is 238 Å². The highest BCUT2D eigenvalue weighted by molar-refractivity contribution is 5.83. The lowest BCUT2D eigenvalue weighted by atomic mass is 9.98. The molecule has 6 rings (SSSR count). The van der Waals surface area contributed by atoms with Crippen LogP contribution in [0.5, 0.6) is 0 Å². The molecule has 0 saturated heterocycles. The second-order valence-electron chi connectivity index (χ2n) is 10.0. The lowest BCUT2D eigenvalue weighted by Gasteiger charge is -2.11. The van der Waals surface area contributed by atoms with Crippen LogP contribution in [0.25, 0.3) is 39.4 Å². The molecule has 0 amide bonds. The lowest BCUT2D eigenvalue weighted by Crippen LogP contribution is -2.08. The number of fused-ring (bicyclic) bond motifs is 1. The van der Waals surface area contributed by atoms with E-state index in [2.05, 4.69) is 111 Å². The highest BCUT2D eigenvalue weighted by atomic mass is 16.1. The van der Waals surface area contributed by atoms with Gasteiger partial charge >= 0.3 is 0 Å². The summed E-state index contributed by atoms with van der Waals surface area (Å²) in [4.78, 5) is 17.2. The second kappa shape index (κ2) is 11.9. The molecule has 2 aromatic heterocycles. The average Bonchev–Trinajstić information content (AvgIpc) is 3.66. The number of hydrogen-bond donors (Lipinski definition) is 1. The molecular weight excluding hydrogens is 508 g/mol. The quantitative estimate of drug-likeness (QED) is 0.191. The van der Waals surface area contributed by atoms with E-state index in [0.29, 0.717) is 18.1 Å². The zero-order valence-electron chi connectivity index (χ0n) is 22.9. The van der Waals surface area contributed by atoms with Crippen LogP contribution in [0.4, 0.5) is 0 Å². The first-order valence-electron chi connectivity index (χ1n) is 13.8. The largest absolute Gasteiger partial charge is 0.321 e. The molecule has 0 saturated carbocycles. The van der Waals surface area contributed by atoms with E-state index < -0.39 is 0 Å². The Hall–Kier alpha value is -5.17. The summed E-state index contributed by atoms with van der Waals surface area (Å²) in [5.74, 6) is 1.48. The predicted molar refractivity (Wildman–Crippen MR) is 162 cm³/mol. The zero-order chi connectivity index (χ0) is 28.0. The molecule has 4 aromatic carbocycles. The van der Waals surface area contributed by atoms with Crippen LogP contribution in [0.15, 0.2) is 97.1 Å². The van der Waals surface area contributed by atoms with Crippen molar-refractivity contribution in [2.45, 2.75) is 32.7 Å². The molecule has 0 atom stereocenters. The zero-order valence-corrected chi connectivity index (χ0v) is 22.9. The first-order valence-corrected chi connectivity index (χ1v) is 13.8. The van der Waals surface area contributed by atoms with Gasteiger partial charge < -0.3 is 4.57 Å². The summed E-state index contributed by atoms with van der Waals surface area (Å²) in [5, 5.41) is 17.0. The van der Waals surface area contributed by atoms with E-state index in [4.69, 9.17) is 4.98 Å². The number of hydrogen-bond acceptors (Lipinski definition) is 5. The van der Waals surface area contributed by atoms with Gasteiger partial charge in [0.05, 0.1) is 5.69 Å². The first-order chi connectivity index (χ1) is 20.2. The van der Waals surface area contributed by atoms with Crippen LogP contribution < -0.4 is 0 Å². The van der Waals surface area contributed by atoms with Crippen molar-refractivity contribution in [3.8, 4) is 22.5 Å². The highest BCUT2D eigenvalue weighted by Gasteiger charge is 2.16. The molecule has 7 heteroatoms. The molecule has 0 radical (unpaired) electrons.